The van der Waals surface area contributed by atoms with Crippen molar-refractivity contribution in [3.05, 3.63) is 62.5 Å². The fraction of sp³-hybridized carbons (Fsp3) is 0.543. The molecular formula is C35H44Br2N6O5. The number of carboxylic acids is 1. The van der Waals surface area contributed by atoms with Crippen LogP contribution in [0.5, 0.6) is 0 Å². The number of benzene rings is 2. The molecule has 0 aromatic heterocycles. The van der Waals surface area contributed by atoms with Gasteiger partial charge in [-0.05, 0) is 93.3 Å². The molecule has 13 heteroatoms. The van der Waals surface area contributed by atoms with Gasteiger partial charge in [0.1, 0.15) is 0 Å². The molecule has 3 saturated heterocycles. The standard InChI is InChI=1S/C35H44Br2N6O5/c36-29-6-5-24(20-30(29)37)19-26(34(47)42-13-7-27(8-14-42)40-17-15-39(16-18-40)23-33(45)46)21-32(44)41-11-9-28(10-12-41)43-22-25-3-1-2-4-31(25)38-35(43)48/h1-6,20,26-28H,7-19,21-23H2,(H,38,48)(H,45,46)/t26-/m1/s1. The summed E-state index contributed by atoms with van der Waals surface area (Å²) in [6.07, 6.45) is 3.79. The lowest BCUT2D eigenvalue weighted by molar-refractivity contribution is -0.143. The van der Waals surface area contributed by atoms with E-state index in [4.69, 9.17) is 5.11 Å². The molecule has 3 fully saturated rings. The van der Waals surface area contributed by atoms with Crippen molar-refractivity contribution in [3.8, 4) is 0 Å². The highest BCUT2D eigenvalue weighted by Gasteiger charge is 2.36. The number of piperidine rings is 2. The second-order valence-electron chi connectivity index (χ2n) is 13.4. The maximum atomic E-state index is 14.1. The first-order valence-corrected chi connectivity index (χ1v) is 18.6. The minimum Gasteiger partial charge on any atom is -0.480 e. The number of carbonyl (C=O) groups is 4. The second-order valence-corrected chi connectivity index (χ2v) is 15.2. The number of piperazine rings is 1. The number of urea groups is 1. The Kier molecular flexibility index (Phi) is 11.4. The number of aliphatic carboxylic acids is 1. The van der Waals surface area contributed by atoms with Crippen molar-refractivity contribution in [3.63, 3.8) is 0 Å². The number of carbonyl (C=O) groups excluding carboxylic acids is 3. The van der Waals surface area contributed by atoms with E-state index in [9.17, 15) is 19.2 Å². The van der Waals surface area contributed by atoms with Gasteiger partial charge < -0.3 is 25.1 Å². The highest BCUT2D eigenvalue weighted by molar-refractivity contribution is 9.13. The van der Waals surface area contributed by atoms with Crippen LogP contribution in [0.15, 0.2) is 51.4 Å². The van der Waals surface area contributed by atoms with Gasteiger partial charge in [0.2, 0.25) is 11.8 Å². The molecule has 0 bridgehead atoms. The van der Waals surface area contributed by atoms with Crippen LogP contribution < -0.4 is 5.32 Å². The largest absolute Gasteiger partial charge is 0.480 e. The number of carboxylic acid groups (broad SMARTS) is 1. The molecule has 2 N–H and O–H groups in total. The van der Waals surface area contributed by atoms with E-state index in [0.29, 0.717) is 58.0 Å². The Morgan fingerprint density at radius 1 is 0.833 bits per heavy atom. The van der Waals surface area contributed by atoms with Crippen molar-refractivity contribution >= 4 is 61.4 Å². The molecule has 258 valence electrons. The lowest BCUT2D eigenvalue weighted by Crippen LogP contribution is -2.55. The molecule has 0 saturated carbocycles. The fourth-order valence-electron chi connectivity index (χ4n) is 7.67. The molecule has 4 heterocycles. The summed E-state index contributed by atoms with van der Waals surface area (Å²) >= 11 is 7.12. The van der Waals surface area contributed by atoms with Gasteiger partial charge in [0, 0.05) is 92.0 Å². The summed E-state index contributed by atoms with van der Waals surface area (Å²) in [5.41, 5.74) is 2.96. The zero-order valence-electron chi connectivity index (χ0n) is 27.2. The van der Waals surface area contributed by atoms with Gasteiger partial charge in [-0.25, -0.2) is 4.79 Å². The van der Waals surface area contributed by atoms with Gasteiger partial charge in [0.05, 0.1) is 12.5 Å². The second kappa shape index (κ2) is 15.7. The number of anilines is 1. The highest BCUT2D eigenvalue weighted by atomic mass is 79.9. The number of halogens is 2. The molecule has 4 aliphatic heterocycles. The zero-order valence-corrected chi connectivity index (χ0v) is 30.3. The van der Waals surface area contributed by atoms with E-state index in [1.807, 2.05) is 62.1 Å². The normalized spacial score (nSPS) is 20.7. The van der Waals surface area contributed by atoms with E-state index in [0.717, 1.165) is 64.8 Å². The van der Waals surface area contributed by atoms with Crippen LogP contribution in [0.1, 0.15) is 43.2 Å². The van der Waals surface area contributed by atoms with Crippen LogP contribution in [0.2, 0.25) is 0 Å². The van der Waals surface area contributed by atoms with E-state index in [1.165, 1.54) is 0 Å². The SMILES string of the molecule is O=C(O)CN1CCN(C2CCN(C(=O)[C@@H](CC(=O)N3CCC(N4Cc5ccccc5NC4=O)CC3)Cc3ccc(Br)c(Br)c3)CC2)CC1. The summed E-state index contributed by atoms with van der Waals surface area (Å²) in [6, 6.07) is 14.2. The first kappa shape index (κ1) is 34.8. The topological polar surface area (TPSA) is 117 Å². The summed E-state index contributed by atoms with van der Waals surface area (Å²) in [7, 11) is 0. The van der Waals surface area contributed by atoms with Crippen molar-refractivity contribution in [1.82, 2.24) is 24.5 Å². The smallest absolute Gasteiger partial charge is 0.322 e. The molecule has 1 atom stereocenters. The molecule has 4 amide bonds. The summed E-state index contributed by atoms with van der Waals surface area (Å²) in [4.78, 5) is 62.0. The highest BCUT2D eigenvalue weighted by Crippen LogP contribution is 2.30. The minimum atomic E-state index is -0.790. The Morgan fingerprint density at radius 2 is 1.50 bits per heavy atom. The van der Waals surface area contributed by atoms with Gasteiger partial charge in [0.25, 0.3) is 0 Å². The number of nitrogens with zero attached hydrogens (tertiary/aromatic N) is 5. The maximum Gasteiger partial charge on any atom is 0.322 e. The third-order valence-corrected chi connectivity index (χ3v) is 12.3. The molecule has 0 radical (unpaired) electrons. The van der Waals surface area contributed by atoms with Crippen molar-refractivity contribution < 1.29 is 24.3 Å². The van der Waals surface area contributed by atoms with Gasteiger partial charge in [-0.3, -0.25) is 24.2 Å². The molecular weight excluding hydrogens is 744 g/mol. The summed E-state index contributed by atoms with van der Waals surface area (Å²) in [6.45, 7) is 6.25. The summed E-state index contributed by atoms with van der Waals surface area (Å²) in [5, 5.41) is 12.1. The minimum absolute atomic E-state index is 0.00876. The van der Waals surface area contributed by atoms with Crippen LogP contribution in [-0.2, 0) is 27.3 Å². The Morgan fingerprint density at radius 3 is 2.19 bits per heavy atom. The van der Waals surface area contributed by atoms with Crippen molar-refractivity contribution in [2.45, 2.75) is 57.2 Å². The number of hydrogen-bond donors (Lipinski definition) is 2. The van der Waals surface area contributed by atoms with Crippen molar-refractivity contribution in [2.75, 3.05) is 64.2 Å². The average molecular weight is 789 g/mol. The van der Waals surface area contributed by atoms with Gasteiger partial charge in [0.15, 0.2) is 0 Å². The number of amides is 4. The van der Waals surface area contributed by atoms with Crippen LogP contribution in [0, 0.1) is 5.92 Å². The monoisotopic (exact) mass is 786 g/mol. The predicted octanol–water partition coefficient (Wildman–Crippen LogP) is 4.49. The molecule has 6 rings (SSSR count). The summed E-state index contributed by atoms with van der Waals surface area (Å²) < 4.78 is 1.85. The van der Waals surface area contributed by atoms with E-state index >= 15 is 0 Å². The van der Waals surface area contributed by atoms with Crippen molar-refractivity contribution in [2.24, 2.45) is 5.92 Å². The van der Waals surface area contributed by atoms with Crippen molar-refractivity contribution in [1.29, 1.82) is 0 Å². The quantitative estimate of drug-likeness (QED) is 0.385. The van der Waals surface area contributed by atoms with Crippen LogP contribution in [0.4, 0.5) is 10.5 Å². The van der Waals surface area contributed by atoms with E-state index in [2.05, 4.69) is 42.1 Å². The molecule has 48 heavy (non-hydrogen) atoms. The molecule has 4 aliphatic rings. The number of rotatable bonds is 9. The van der Waals surface area contributed by atoms with Gasteiger partial charge in [-0.2, -0.15) is 0 Å². The number of fused-ring (bicyclic) bond motifs is 1. The zero-order chi connectivity index (χ0) is 33.8. The molecule has 0 aliphatic carbocycles. The molecule has 11 nitrogen and oxygen atoms in total. The Bertz CT molecular complexity index is 1500. The molecule has 0 unspecified atom stereocenters. The lowest BCUT2D eigenvalue weighted by atomic mass is 9.92. The van der Waals surface area contributed by atoms with E-state index in [-0.39, 0.29) is 36.9 Å². The maximum absolute atomic E-state index is 14.1. The van der Waals surface area contributed by atoms with E-state index < -0.39 is 11.9 Å². The van der Waals surface area contributed by atoms with Gasteiger partial charge >= 0.3 is 12.0 Å². The molecule has 0 spiro atoms. The Labute approximate surface area is 298 Å². The van der Waals surface area contributed by atoms with Crippen LogP contribution >= 0.6 is 31.9 Å². The predicted molar refractivity (Wildman–Crippen MR) is 190 cm³/mol. The molecule has 2 aromatic rings. The Balaban J connectivity index is 1.05. The number of nitrogens with one attached hydrogen (secondary N) is 1. The first-order valence-electron chi connectivity index (χ1n) is 17.0. The lowest BCUT2D eigenvalue weighted by Gasteiger charge is -2.43. The first-order chi connectivity index (χ1) is 23.1. The van der Waals surface area contributed by atoms with E-state index in [1.54, 1.807) is 0 Å². The van der Waals surface area contributed by atoms with Gasteiger partial charge in [-0.1, -0.05) is 24.3 Å². The Hall–Kier alpha value is -3.00. The summed E-state index contributed by atoms with van der Waals surface area (Å²) in [5.74, 6) is -1.23. The number of hydrogen-bond acceptors (Lipinski definition) is 6. The van der Waals surface area contributed by atoms with Crippen LogP contribution in [0.25, 0.3) is 0 Å². The van der Waals surface area contributed by atoms with Crippen LogP contribution in [-0.4, -0.2) is 124 Å². The fourth-order valence-corrected chi connectivity index (χ4v) is 8.34. The van der Waals surface area contributed by atoms with Gasteiger partial charge in [-0.15, -0.1) is 0 Å². The third-order valence-electron chi connectivity index (χ3n) is 10.4. The number of likely N-dealkylation sites (tertiary alicyclic amines) is 2. The third kappa shape index (κ3) is 8.40. The van der Waals surface area contributed by atoms with Crippen LogP contribution in [0.3, 0.4) is 0 Å². The average Bonchev–Trinajstić information content (AvgIpc) is 3.09. The molecule has 2 aromatic carbocycles. The number of para-hydroxylation sites is 1.